The third kappa shape index (κ3) is 5.60. The predicted molar refractivity (Wildman–Crippen MR) is 94.7 cm³/mol. The molecule has 6 nitrogen and oxygen atoms in total. The Balaban J connectivity index is 1.75. The van der Waals surface area contributed by atoms with E-state index < -0.39 is 0 Å². The summed E-state index contributed by atoms with van der Waals surface area (Å²) < 4.78 is 21.1. The molecule has 2 aromatic rings. The zero-order chi connectivity index (χ0) is 18.1. The SMILES string of the molecule is COc1ccc(OCCNC(=O)Cc2ccc(OC)c(OC)c2)cc1. The summed E-state index contributed by atoms with van der Waals surface area (Å²) in [5.41, 5.74) is 0.853. The summed E-state index contributed by atoms with van der Waals surface area (Å²) in [4.78, 5) is 12.0. The summed E-state index contributed by atoms with van der Waals surface area (Å²) >= 11 is 0. The molecule has 25 heavy (non-hydrogen) atoms. The van der Waals surface area contributed by atoms with Crippen LogP contribution in [0.15, 0.2) is 42.5 Å². The van der Waals surface area contributed by atoms with E-state index in [0.29, 0.717) is 24.7 Å². The third-order valence-electron chi connectivity index (χ3n) is 3.57. The predicted octanol–water partition coefficient (Wildman–Crippen LogP) is 2.45. The second kappa shape index (κ2) is 9.42. The lowest BCUT2D eigenvalue weighted by atomic mass is 10.1. The van der Waals surface area contributed by atoms with Gasteiger partial charge in [0.2, 0.25) is 5.91 Å². The molecule has 0 atom stereocenters. The molecule has 0 aliphatic heterocycles. The van der Waals surface area contributed by atoms with E-state index >= 15 is 0 Å². The van der Waals surface area contributed by atoms with Crippen molar-refractivity contribution in [1.29, 1.82) is 0 Å². The summed E-state index contributed by atoms with van der Waals surface area (Å²) in [6, 6.07) is 12.7. The molecular weight excluding hydrogens is 322 g/mol. The van der Waals surface area contributed by atoms with Crippen LogP contribution >= 0.6 is 0 Å². The van der Waals surface area contributed by atoms with E-state index in [1.54, 1.807) is 33.5 Å². The molecule has 1 N–H and O–H groups in total. The first kappa shape index (κ1) is 18.4. The molecule has 6 heteroatoms. The van der Waals surface area contributed by atoms with Gasteiger partial charge in [-0.1, -0.05) is 6.07 Å². The molecule has 134 valence electrons. The lowest BCUT2D eigenvalue weighted by Crippen LogP contribution is -2.29. The van der Waals surface area contributed by atoms with E-state index in [1.165, 1.54) is 0 Å². The molecule has 0 unspecified atom stereocenters. The van der Waals surface area contributed by atoms with Crippen LogP contribution in [-0.2, 0) is 11.2 Å². The van der Waals surface area contributed by atoms with Crippen molar-refractivity contribution in [2.45, 2.75) is 6.42 Å². The van der Waals surface area contributed by atoms with Gasteiger partial charge < -0.3 is 24.3 Å². The molecular formula is C19H23NO5. The Morgan fingerprint density at radius 1 is 0.880 bits per heavy atom. The monoisotopic (exact) mass is 345 g/mol. The molecule has 0 fully saturated rings. The van der Waals surface area contributed by atoms with Crippen LogP contribution in [0.1, 0.15) is 5.56 Å². The fraction of sp³-hybridized carbons (Fsp3) is 0.316. The number of nitrogens with one attached hydrogen (secondary N) is 1. The van der Waals surface area contributed by atoms with E-state index in [9.17, 15) is 4.79 Å². The van der Waals surface area contributed by atoms with Gasteiger partial charge in [-0.3, -0.25) is 4.79 Å². The second-order valence-corrected chi connectivity index (χ2v) is 5.24. The van der Waals surface area contributed by atoms with Crippen LogP contribution in [-0.4, -0.2) is 40.4 Å². The van der Waals surface area contributed by atoms with Crippen molar-refractivity contribution in [3.63, 3.8) is 0 Å². The van der Waals surface area contributed by atoms with Crippen LogP contribution in [0.2, 0.25) is 0 Å². The van der Waals surface area contributed by atoms with Gasteiger partial charge in [-0.05, 0) is 42.0 Å². The molecule has 0 radical (unpaired) electrons. The van der Waals surface area contributed by atoms with Crippen molar-refractivity contribution in [3.8, 4) is 23.0 Å². The largest absolute Gasteiger partial charge is 0.497 e. The molecule has 2 aromatic carbocycles. The van der Waals surface area contributed by atoms with Crippen LogP contribution in [0.5, 0.6) is 23.0 Å². The topological polar surface area (TPSA) is 66.0 Å². The van der Waals surface area contributed by atoms with Crippen LogP contribution in [0.3, 0.4) is 0 Å². The van der Waals surface area contributed by atoms with Gasteiger partial charge >= 0.3 is 0 Å². The zero-order valence-electron chi connectivity index (χ0n) is 14.7. The number of hydrogen-bond acceptors (Lipinski definition) is 5. The Labute approximate surface area is 147 Å². The first-order valence-electron chi connectivity index (χ1n) is 7.90. The van der Waals surface area contributed by atoms with Crippen molar-refractivity contribution in [1.82, 2.24) is 5.32 Å². The van der Waals surface area contributed by atoms with E-state index in [0.717, 1.165) is 17.1 Å². The molecule has 0 aliphatic rings. The van der Waals surface area contributed by atoms with Crippen molar-refractivity contribution >= 4 is 5.91 Å². The smallest absolute Gasteiger partial charge is 0.224 e. The molecule has 0 saturated carbocycles. The fourth-order valence-corrected chi connectivity index (χ4v) is 2.27. The molecule has 1 amide bonds. The minimum Gasteiger partial charge on any atom is -0.497 e. The van der Waals surface area contributed by atoms with Crippen molar-refractivity contribution in [3.05, 3.63) is 48.0 Å². The Morgan fingerprint density at radius 3 is 2.20 bits per heavy atom. The first-order valence-corrected chi connectivity index (χ1v) is 7.90. The first-order chi connectivity index (χ1) is 12.2. The van der Waals surface area contributed by atoms with Gasteiger partial charge in [0.15, 0.2) is 11.5 Å². The molecule has 0 heterocycles. The van der Waals surface area contributed by atoms with Gasteiger partial charge in [-0.2, -0.15) is 0 Å². The Kier molecular flexibility index (Phi) is 6.95. The average molecular weight is 345 g/mol. The maximum Gasteiger partial charge on any atom is 0.224 e. The number of carbonyl (C=O) groups is 1. The summed E-state index contributed by atoms with van der Waals surface area (Å²) in [5, 5.41) is 2.83. The number of rotatable bonds is 9. The quantitative estimate of drug-likeness (QED) is 0.707. The highest BCUT2D eigenvalue weighted by atomic mass is 16.5. The zero-order valence-corrected chi connectivity index (χ0v) is 14.7. The number of amides is 1. The Hall–Kier alpha value is -2.89. The van der Waals surface area contributed by atoms with Gasteiger partial charge in [0.05, 0.1) is 34.3 Å². The lowest BCUT2D eigenvalue weighted by Gasteiger charge is -2.10. The highest BCUT2D eigenvalue weighted by Gasteiger charge is 2.08. The summed E-state index contributed by atoms with van der Waals surface area (Å²) in [5.74, 6) is 2.67. The van der Waals surface area contributed by atoms with E-state index in [-0.39, 0.29) is 12.3 Å². The van der Waals surface area contributed by atoms with E-state index in [1.807, 2.05) is 30.3 Å². The van der Waals surface area contributed by atoms with E-state index in [4.69, 9.17) is 18.9 Å². The summed E-state index contributed by atoms with van der Waals surface area (Å²) in [6.45, 7) is 0.822. The Morgan fingerprint density at radius 2 is 1.56 bits per heavy atom. The number of methoxy groups -OCH3 is 3. The van der Waals surface area contributed by atoms with Gasteiger partial charge in [-0.25, -0.2) is 0 Å². The molecule has 2 rings (SSSR count). The minimum absolute atomic E-state index is 0.0782. The Bertz CT molecular complexity index is 685. The van der Waals surface area contributed by atoms with Gasteiger partial charge in [-0.15, -0.1) is 0 Å². The van der Waals surface area contributed by atoms with Gasteiger partial charge in [0.1, 0.15) is 18.1 Å². The van der Waals surface area contributed by atoms with Gasteiger partial charge in [0, 0.05) is 0 Å². The van der Waals surface area contributed by atoms with E-state index in [2.05, 4.69) is 5.32 Å². The molecule has 0 spiro atoms. The number of ether oxygens (including phenoxy) is 4. The molecule has 0 aliphatic carbocycles. The number of hydrogen-bond donors (Lipinski definition) is 1. The minimum atomic E-state index is -0.0782. The van der Waals surface area contributed by atoms with Crippen LogP contribution in [0.25, 0.3) is 0 Å². The highest BCUT2D eigenvalue weighted by Crippen LogP contribution is 2.27. The fourth-order valence-electron chi connectivity index (χ4n) is 2.27. The third-order valence-corrected chi connectivity index (χ3v) is 3.57. The second-order valence-electron chi connectivity index (χ2n) is 5.24. The lowest BCUT2D eigenvalue weighted by molar-refractivity contribution is -0.120. The summed E-state index contributed by atoms with van der Waals surface area (Å²) in [7, 11) is 4.76. The van der Waals surface area contributed by atoms with Crippen LogP contribution in [0, 0.1) is 0 Å². The maximum atomic E-state index is 12.0. The number of benzene rings is 2. The van der Waals surface area contributed by atoms with Crippen molar-refractivity contribution < 1.29 is 23.7 Å². The number of carbonyl (C=O) groups excluding carboxylic acids is 1. The normalized spacial score (nSPS) is 10.0. The van der Waals surface area contributed by atoms with Crippen LogP contribution in [0.4, 0.5) is 0 Å². The molecule has 0 aromatic heterocycles. The average Bonchev–Trinajstić information content (AvgIpc) is 2.65. The van der Waals surface area contributed by atoms with Gasteiger partial charge in [0.25, 0.3) is 0 Å². The summed E-state index contributed by atoms with van der Waals surface area (Å²) in [6.07, 6.45) is 0.267. The highest BCUT2D eigenvalue weighted by molar-refractivity contribution is 5.78. The van der Waals surface area contributed by atoms with Crippen molar-refractivity contribution in [2.75, 3.05) is 34.5 Å². The van der Waals surface area contributed by atoms with Crippen molar-refractivity contribution in [2.24, 2.45) is 0 Å². The molecule has 0 bridgehead atoms. The maximum absolute atomic E-state index is 12.0. The van der Waals surface area contributed by atoms with Crippen LogP contribution < -0.4 is 24.3 Å². The standard InChI is InChI=1S/C19H23NO5/c1-22-15-5-7-16(8-6-15)25-11-10-20-19(21)13-14-4-9-17(23-2)18(12-14)24-3/h4-9,12H,10-11,13H2,1-3H3,(H,20,21). The molecule has 0 saturated heterocycles.